The molecule has 0 bridgehead atoms. The molecule has 0 N–H and O–H groups in total. The van der Waals surface area contributed by atoms with Gasteiger partial charge in [-0.05, 0) is 94.2 Å². The Morgan fingerprint density at radius 2 is 0.610 bits per heavy atom. The minimum Gasteiger partial charge on any atom is -0.0683 e. The molecule has 0 heteroatoms. The van der Waals surface area contributed by atoms with E-state index < -0.39 is 0 Å². The Morgan fingerprint density at radius 1 is 0.378 bits per heavy atom. The van der Waals surface area contributed by atoms with Crippen molar-refractivity contribution < 1.29 is 0 Å². The molecule has 5 aliphatic rings. The molecule has 0 nitrogen and oxygen atoms in total. The number of hydrogen-bond donors (Lipinski definition) is 0. The van der Waals surface area contributed by atoms with Gasteiger partial charge in [0.1, 0.15) is 0 Å². The lowest BCUT2D eigenvalue weighted by atomic mass is 9.74. The normalized spacial score (nSPS) is 16.8. The van der Waals surface area contributed by atoms with E-state index >= 15 is 0 Å². The van der Waals surface area contributed by atoms with Crippen molar-refractivity contribution in [3.63, 3.8) is 0 Å². The zero-order valence-corrected chi connectivity index (χ0v) is 67.5. The van der Waals surface area contributed by atoms with Crippen LogP contribution in [0.3, 0.4) is 0 Å². The Kier molecular flexibility index (Phi) is 100. The van der Waals surface area contributed by atoms with Crippen molar-refractivity contribution in [3.05, 3.63) is 0 Å². The van der Waals surface area contributed by atoms with Gasteiger partial charge in [0.05, 0.1) is 0 Å². The van der Waals surface area contributed by atoms with E-state index in [-0.39, 0.29) is 0 Å². The highest BCUT2D eigenvalue weighted by Crippen LogP contribution is 2.40. The Labute approximate surface area is 534 Å². The van der Waals surface area contributed by atoms with Crippen LogP contribution in [0, 0.1) is 68.5 Å². The van der Waals surface area contributed by atoms with Crippen LogP contribution in [0.2, 0.25) is 0 Å². The maximum absolute atomic E-state index is 2.42. The minimum absolute atomic E-state index is 0.500. The van der Waals surface area contributed by atoms with Gasteiger partial charge in [0.15, 0.2) is 0 Å². The standard InChI is InChI=1S/C9H18.C8H16.2C7H14.C6H12.3C6H14.2C5H12.2C4H10.C3H8.3C2H6/c1-8-4-6-9(2,3)7-5-8;1-3-8(2)6-4-5-7-8;1-7-5-3-2-4-6-7;1-2-7-5-3-4-6-7;1-6-4-2-3-5-6;2*1-5-6(2,3)4;1-4-6(3)5-2;1-5(2,3)4;1-4-5(2)3;1-4(2)3;1-3-4-2;1-3-2;3*1-2/h8H,4-7H2,1-3H3;3-7H2,1-2H3;2*7H,2-6H2,1H3;6H,2-5H2,1H3;2*5H2,1-4H3;6H,4-5H2,1-3H3;1-4H3;5H,4H2,1-3H3;4H,1-3H3;3-4H2,1-2H3;3H2,1-2H3;3*1-2H3. The second-order valence-corrected chi connectivity index (χ2v) is 31.4. The fourth-order valence-corrected chi connectivity index (χ4v) is 7.27. The molecule has 5 aliphatic carbocycles. The van der Waals surface area contributed by atoms with Crippen LogP contribution in [0.5, 0.6) is 0 Å². The van der Waals surface area contributed by atoms with Crippen molar-refractivity contribution in [1.29, 1.82) is 0 Å². The molecule has 0 radical (unpaired) electrons. The fourth-order valence-electron chi connectivity index (χ4n) is 7.27. The van der Waals surface area contributed by atoms with Gasteiger partial charge in [0, 0.05) is 0 Å². The summed E-state index contributed by atoms with van der Waals surface area (Å²) >= 11 is 0. The van der Waals surface area contributed by atoms with Crippen molar-refractivity contribution in [1.82, 2.24) is 0 Å². The highest BCUT2D eigenvalue weighted by Gasteiger charge is 2.26. The molecule has 514 valence electrons. The molecular weight excluding hydrogens is 985 g/mol. The average Bonchev–Trinajstić information content (AvgIpc) is 4.25. The van der Waals surface area contributed by atoms with Crippen LogP contribution in [0.25, 0.3) is 0 Å². The first-order chi connectivity index (χ1) is 37.8. The highest BCUT2D eigenvalue weighted by atomic mass is 14.3. The molecule has 5 rings (SSSR count). The fraction of sp³-hybridized carbons (Fsp3) is 1.00. The summed E-state index contributed by atoms with van der Waals surface area (Å²) in [4.78, 5) is 0. The predicted molar refractivity (Wildman–Crippen MR) is 401 cm³/mol. The predicted octanol–water partition coefficient (Wildman–Crippen LogP) is 33.0. The van der Waals surface area contributed by atoms with Gasteiger partial charge in [-0.15, -0.1) is 0 Å². The second kappa shape index (κ2) is 77.1. The monoisotopic (exact) mass is 1170 g/mol. The summed E-state index contributed by atoms with van der Waals surface area (Å²) in [6.45, 7) is 86.0. The summed E-state index contributed by atoms with van der Waals surface area (Å²) in [5.74, 6) is 6.83. The zero-order valence-electron chi connectivity index (χ0n) is 67.5. The molecule has 0 unspecified atom stereocenters. The van der Waals surface area contributed by atoms with Gasteiger partial charge in [0.25, 0.3) is 0 Å². The van der Waals surface area contributed by atoms with Gasteiger partial charge in [-0.1, -0.05) is 443 Å². The Morgan fingerprint density at radius 3 is 0.720 bits per heavy atom. The largest absolute Gasteiger partial charge is 0.0683 e. The molecule has 0 aromatic heterocycles. The van der Waals surface area contributed by atoms with Gasteiger partial charge < -0.3 is 0 Å². The Hall–Kier alpha value is 0. The number of rotatable bonds is 6. The molecule has 5 saturated carbocycles. The third-order valence-corrected chi connectivity index (χ3v) is 15.7. The van der Waals surface area contributed by atoms with Gasteiger partial charge in [-0.2, -0.15) is 0 Å². The molecule has 0 aliphatic heterocycles. The summed E-state index contributed by atoms with van der Waals surface area (Å²) in [6, 6.07) is 0. The summed E-state index contributed by atoms with van der Waals surface area (Å²) in [5, 5.41) is 0. The van der Waals surface area contributed by atoms with Crippen molar-refractivity contribution >= 4 is 0 Å². The van der Waals surface area contributed by atoms with Crippen LogP contribution in [0.4, 0.5) is 0 Å². The van der Waals surface area contributed by atoms with Crippen molar-refractivity contribution in [2.24, 2.45) is 68.5 Å². The smallest absolute Gasteiger partial charge is 0.0328 e. The first kappa shape index (κ1) is 107. The molecule has 0 spiro atoms. The van der Waals surface area contributed by atoms with E-state index in [2.05, 4.69) is 228 Å². The molecule has 5 fully saturated rings. The van der Waals surface area contributed by atoms with E-state index in [0.29, 0.717) is 21.7 Å². The van der Waals surface area contributed by atoms with E-state index in [1.54, 1.807) is 0 Å². The summed E-state index contributed by atoms with van der Waals surface area (Å²) in [7, 11) is 0. The summed E-state index contributed by atoms with van der Waals surface area (Å²) < 4.78 is 0. The van der Waals surface area contributed by atoms with Crippen LogP contribution in [0.15, 0.2) is 0 Å². The van der Waals surface area contributed by atoms with Crippen molar-refractivity contribution in [3.8, 4) is 0 Å². The molecule has 0 heterocycles. The lowest BCUT2D eigenvalue weighted by Crippen LogP contribution is -2.19. The first-order valence-electron chi connectivity index (χ1n) is 37.8. The quantitative estimate of drug-likeness (QED) is 0.249. The second-order valence-electron chi connectivity index (χ2n) is 31.4. The lowest BCUT2D eigenvalue weighted by molar-refractivity contribution is 0.201. The summed E-state index contributed by atoms with van der Waals surface area (Å²) in [6.07, 6.45) is 44.3. The minimum atomic E-state index is 0.500. The average molecular weight is 1170 g/mol. The third kappa shape index (κ3) is 134. The van der Waals surface area contributed by atoms with Crippen LogP contribution < -0.4 is 0 Å². The maximum Gasteiger partial charge on any atom is -0.0328 e. The van der Waals surface area contributed by atoms with Gasteiger partial charge in [0.2, 0.25) is 0 Å². The van der Waals surface area contributed by atoms with Crippen molar-refractivity contribution in [2.75, 3.05) is 0 Å². The van der Waals surface area contributed by atoms with E-state index in [1.807, 2.05) is 41.5 Å². The topological polar surface area (TPSA) is 0 Å². The van der Waals surface area contributed by atoms with Crippen LogP contribution in [0.1, 0.15) is 469 Å². The molecule has 0 aromatic rings. The first-order valence-corrected chi connectivity index (χ1v) is 37.8. The van der Waals surface area contributed by atoms with E-state index in [1.165, 1.54) is 199 Å². The van der Waals surface area contributed by atoms with Gasteiger partial charge >= 0.3 is 0 Å². The molecule has 82 heavy (non-hydrogen) atoms. The van der Waals surface area contributed by atoms with Crippen LogP contribution in [-0.4, -0.2) is 0 Å². The van der Waals surface area contributed by atoms with E-state index in [0.717, 1.165) is 46.8 Å². The van der Waals surface area contributed by atoms with E-state index in [4.69, 9.17) is 0 Å². The van der Waals surface area contributed by atoms with Gasteiger partial charge in [-0.25, -0.2) is 0 Å². The van der Waals surface area contributed by atoms with Crippen LogP contribution in [-0.2, 0) is 0 Å². The highest BCUT2D eigenvalue weighted by molar-refractivity contribution is 4.78. The maximum atomic E-state index is 2.42. The van der Waals surface area contributed by atoms with Crippen LogP contribution >= 0.6 is 0 Å². The van der Waals surface area contributed by atoms with Gasteiger partial charge in [-0.3, -0.25) is 0 Å². The molecule has 0 aromatic carbocycles. The molecular formula is C82H186. The third-order valence-electron chi connectivity index (χ3n) is 15.7. The van der Waals surface area contributed by atoms with E-state index in [9.17, 15) is 0 Å². The Bertz CT molecular complexity index is 941. The summed E-state index contributed by atoms with van der Waals surface area (Å²) in [5.41, 5.74) is 2.98. The lowest BCUT2D eigenvalue weighted by Gasteiger charge is -2.32. The molecule has 0 saturated heterocycles. The SMILES string of the molecule is CC.CC.CC.CC(C)(C)C.CC(C)C.CC1CCC(C)(C)CC1.CC1CCCC1.CC1CCCCC1.CCC.CCC(C)(C)C.CCC(C)(C)C.CCC(C)C.CCC(C)CC.CCC1(C)CCCC1.CCC1CCCC1.CCCC. The Balaban J connectivity index is -0.0000000740. The number of hydrogen-bond acceptors (Lipinski definition) is 0. The number of unbranched alkanes of at least 4 members (excludes halogenated alkanes) is 1. The molecule has 0 amide bonds. The van der Waals surface area contributed by atoms with Crippen molar-refractivity contribution in [2.45, 2.75) is 469 Å². The molecule has 0 atom stereocenters. The zero-order chi connectivity index (χ0) is 67.5.